The van der Waals surface area contributed by atoms with Gasteiger partial charge >= 0.3 is 17.9 Å². The maximum Gasteiger partial charge on any atom is 0.326 e. The van der Waals surface area contributed by atoms with E-state index in [2.05, 4.69) is 20.9 Å². The first kappa shape index (κ1) is 33.5. The number of carboxylic acids is 3. The van der Waals surface area contributed by atoms with Gasteiger partial charge < -0.3 is 54.2 Å². The number of carboxylic acid groups (broad SMARTS) is 3. The minimum Gasteiger partial charge on any atom is -0.481 e. The van der Waals surface area contributed by atoms with E-state index in [0.717, 1.165) is 0 Å². The van der Waals surface area contributed by atoms with Gasteiger partial charge in [0.2, 0.25) is 23.6 Å². The van der Waals surface area contributed by atoms with Gasteiger partial charge in [0, 0.05) is 19.4 Å². The van der Waals surface area contributed by atoms with Crippen LogP contribution in [-0.4, -0.2) is 93.5 Å². The Hall–Kier alpha value is -4.48. The molecular weight excluding hydrogens is 512 g/mol. The largest absolute Gasteiger partial charge is 0.481 e. The predicted octanol–water partition coefficient (Wildman–Crippen LogP) is -4.49. The monoisotopic (exact) mass is 546 g/mol. The van der Waals surface area contributed by atoms with Crippen molar-refractivity contribution in [1.29, 1.82) is 0 Å². The molecule has 0 aliphatic carbocycles. The van der Waals surface area contributed by atoms with Gasteiger partial charge in [-0.3, -0.25) is 33.8 Å². The van der Waals surface area contributed by atoms with Gasteiger partial charge in [0.25, 0.3) is 0 Å². The maximum atomic E-state index is 12.8. The Morgan fingerprint density at radius 1 is 0.684 bits per heavy atom. The van der Waals surface area contributed by atoms with Crippen molar-refractivity contribution in [2.24, 2.45) is 27.9 Å². The lowest BCUT2D eigenvalue weighted by molar-refractivity contribution is -0.143. The summed E-state index contributed by atoms with van der Waals surface area (Å²) in [6, 6.07) is -6.01. The molecule has 0 aromatic carbocycles. The Kier molecular flexibility index (Phi) is 15.0. The zero-order chi connectivity index (χ0) is 29.4. The van der Waals surface area contributed by atoms with Crippen LogP contribution < -0.4 is 38.9 Å². The van der Waals surface area contributed by atoms with Crippen molar-refractivity contribution < 1.29 is 48.9 Å². The molecule has 0 bridgehead atoms. The average Bonchev–Trinajstić information content (AvgIpc) is 2.80. The van der Waals surface area contributed by atoms with E-state index >= 15 is 0 Å². The first-order valence-electron chi connectivity index (χ1n) is 11.3. The third kappa shape index (κ3) is 14.8. The molecular formula is C20H34N8O10. The summed E-state index contributed by atoms with van der Waals surface area (Å²) in [5.74, 6) is -8.34. The van der Waals surface area contributed by atoms with Crippen LogP contribution in [0, 0.1) is 0 Å². The molecule has 4 amide bonds. The normalized spacial score (nSPS) is 13.6. The first-order valence-corrected chi connectivity index (χ1v) is 11.3. The second kappa shape index (κ2) is 17.1. The van der Waals surface area contributed by atoms with Crippen molar-refractivity contribution in [2.45, 2.75) is 69.1 Å². The lowest BCUT2D eigenvalue weighted by atomic mass is 10.1. The van der Waals surface area contributed by atoms with Gasteiger partial charge in [0.1, 0.15) is 18.1 Å². The Balaban J connectivity index is 5.56. The highest BCUT2D eigenvalue weighted by Gasteiger charge is 2.31. The molecule has 4 unspecified atom stereocenters. The fraction of sp³-hybridized carbons (Fsp3) is 0.600. The van der Waals surface area contributed by atoms with Crippen molar-refractivity contribution in [3.05, 3.63) is 0 Å². The summed E-state index contributed by atoms with van der Waals surface area (Å²) < 4.78 is 0. The summed E-state index contributed by atoms with van der Waals surface area (Å²) in [5, 5.41) is 33.6. The van der Waals surface area contributed by atoms with Crippen molar-refractivity contribution in [2.75, 3.05) is 6.54 Å². The van der Waals surface area contributed by atoms with Crippen LogP contribution in [-0.2, 0) is 33.6 Å². The van der Waals surface area contributed by atoms with E-state index in [1.807, 2.05) is 0 Å². The predicted molar refractivity (Wildman–Crippen MR) is 129 cm³/mol. The Bertz CT molecular complexity index is 921. The van der Waals surface area contributed by atoms with Crippen LogP contribution >= 0.6 is 0 Å². The molecule has 0 aliphatic heterocycles. The number of aliphatic carboxylic acids is 3. The Morgan fingerprint density at radius 3 is 1.68 bits per heavy atom. The highest BCUT2D eigenvalue weighted by molar-refractivity contribution is 5.96. The molecule has 0 fully saturated rings. The number of nitrogens with two attached hydrogens (primary N) is 4. The molecule has 0 saturated heterocycles. The molecule has 0 heterocycles. The summed E-state index contributed by atoms with van der Waals surface area (Å²) in [6.07, 6.45) is -2.48. The highest BCUT2D eigenvalue weighted by Crippen LogP contribution is 2.05. The quantitative estimate of drug-likeness (QED) is 0.0415. The molecule has 38 heavy (non-hydrogen) atoms. The van der Waals surface area contributed by atoms with Crippen LogP contribution in [0.15, 0.2) is 4.99 Å². The van der Waals surface area contributed by atoms with E-state index < -0.39 is 91.4 Å². The molecule has 0 aromatic heterocycles. The van der Waals surface area contributed by atoms with Crippen LogP contribution in [0.1, 0.15) is 44.9 Å². The lowest BCUT2D eigenvalue weighted by Crippen LogP contribution is -2.57. The SMILES string of the molecule is NC(=O)CC(NC(=O)C(N)CCC(=O)O)C(=O)NC(CCC(=O)O)C(=O)NC(CCCN=C(N)N)C(=O)O. The average molecular weight is 547 g/mol. The zero-order valence-electron chi connectivity index (χ0n) is 20.4. The van der Waals surface area contributed by atoms with E-state index in [9.17, 15) is 38.7 Å². The number of rotatable bonds is 19. The summed E-state index contributed by atoms with van der Waals surface area (Å²) in [7, 11) is 0. The van der Waals surface area contributed by atoms with E-state index in [1.54, 1.807) is 0 Å². The molecule has 0 aliphatic rings. The summed E-state index contributed by atoms with van der Waals surface area (Å²) in [4.78, 5) is 86.2. The van der Waals surface area contributed by atoms with Crippen LogP contribution in [0.5, 0.6) is 0 Å². The molecule has 0 rings (SSSR count). The maximum absolute atomic E-state index is 12.8. The third-order valence-electron chi connectivity index (χ3n) is 4.88. The third-order valence-corrected chi connectivity index (χ3v) is 4.88. The molecule has 18 nitrogen and oxygen atoms in total. The molecule has 0 radical (unpaired) electrons. The van der Waals surface area contributed by atoms with Gasteiger partial charge in [-0.1, -0.05) is 0 Å². The van der Waals surface area contributed by atoms with Crippen molar-refractivity contribution in [3.8, 4) is 0 Å². The van der Waals surface area contributed by atoms with Crippen molar-refractivity contribution >= 4 is 47.5 Å². The minimum absolute atomic E-state index is 0.0737. The zero-order valence-corrected chi connectivity index (χ0v) is 20.4. The van der Waals surface area contributed by atoms with Gasteiger partial charge in [-0.25, -0.2) is 4.79 Å². The lowest BCUT2D eigenvalue weighted by Gasteiger charge is -2.24. The van der Waals surface area contributed by atoms with Gasteiger partial charge in [-0.05, 0) is 25.7 Å². The number of nitrogens with one attached hydrogen (secondary N) is 3. The van der Waals surface area contributed by atoms with Gasteiger partial charge in [0.05, 0.1) is 12.5 Å². The van der Waals surface area contributed by atoms with E-state index in [-0.39, 0.29) is 31.8 Å². The van der Waals surface area contributed by atoms with Crippen LogP contribution in [0.4, 0.5) is 0 Å². The van der Waals surface area contributed by atoms with Crippen molar-refractivity contribution in [3.63, 3.8) is 0 Å². The number of amides is 4. The number of hydrogen-bond donors (Lipinski definition) is 10. The number of hydrogen-bond acceptors (Lipinski definition) is 9. The molecule has 0 saturated carbocycles. The van der Waals surface area contributed by atoms with Crippen molar-refractivity contribution in [1.82, 2.24) is 16.0 Å². The topological polar surface area (TPSA) is 333 Å². The van der Waals surface area contributed by atoms with E-state index in [0.29, 0.717) is 0 Å². The highest BCUT2D eigenvalue weighted by atomic mass is 16.4. The smallest absolute Gasteiger partial charge is 0.326 e. The fourth-order valence-corrected chi connectivity index (χ4v) is 2.94. The number of carbonyl (C=O) groups excluding carboxylic acids is 4. The Labute approximate surface area is 216 Å². The molecule has 18 heteroatoms. The number of aliphatic imine (C=N–C) groups is 1. The number of primary amides is 1. The molecule has 0 aromatic rings. The molecule has 214 valence electrons. The number of guanidine groups is 1. The first-order chi connectivity index (χ1) is 17.6. The number of carbonyl (C=O) groups is 7. The van der Waals surface area contributed by atoms with E-state index in [1.165, 1.54) is 0 Å². The second-order valence-electron chi connectivity index (χ2n) is 8.11. The van der Waals surface area contributed by atoms with Gasteiger partial charge in [0.15, 0.2) is 5.96 Å². The minimum atomic E-state index is -1.65. The van der Waals surface area contributed by atoms with E-state index in [4.69, 9.17) is 33.1 Å². The standard InChI is InChI=1S/C20H34N8O10/c21-9(3-5-14(30)31)16(34)28-12(8-13(22)29)18(36)26-10(4-6-15(32)33)17(35)27-11(19(37)38)2-1-7-25-20(23)24/h9-12H,1-8,21H2,(H2,22,29)(H,26,36)(H,27,35)(H,28,34)(H,30,31)(H,32,33)(H,37,38)(H4,23,24,25). The molecule has 14 N–H and O–H groups in total. The fourth-order valence-electron chi connectivity index (χ4n) is 2.94. The van der Waals surface area contributed by atoms with Gasteiger partial charge in [-0.2, -0.15) is 0 Å². The van der Waals surface area contributed by atoms with Gasteiger partial charge in [-0.15, -0.1) is 0 Å². The summed E-state index contributed by atoms with van der Waals surface area (Å²) in [5.41, 5.74) is 21.1. The van der Waals surface area contributed by atoms with Crippen LogP contribution in [0.2, 0.25) is 0 Å². The second-order valence-corrected chi connectivity index (χ2v) is 8.11. The summed E-state index contributed by atoms with van der Waals surface area (Å²) >= 11 is 0. The molecule has 4 atom stereocenters. The Morgan fingerprint density at radius 2 is 1.18 bits per heavy atom. The summed E-state index contributed by atoms with van der Waals surface area (Å²) in [6.45, 7) is 0.0737. The van der Waals surface area contributed by atoms with Crippen LogP contribution in [0.3, 0.4) is 0 Å². The molecule has 0 spiro atoms. The van der Waals surface area contributed by atoms with Crippen LogP contribution in [0.25, 0.3) is 0 Å². The number of nitrogens with zero attached hydrogens (tertiary/aromatic N) is 1.